The summed E-state index contributed by atoms with van der Waals surface area (Å²) in [5, 5.41) is 2.96. The van der Waals surface area contributed by atoms with Crippen molar-refractivity contribution >= 4 is 5.91 Å². The predicted molar refractivity (Wildman–Crippen MR) is 54.7 cm³/mol. The molecular weight excluding hydrogens is 214 g/mol. The van der Waals surface area contributed by atoms with Crippen molar-refractivity contribution in [3.63, 3.8) is 0 Å². The number of amides is 1. The Hall–Kier alpha value is -1.49. The molecule has 2 atom stereocenters. The van der Waals surface area contributed by atoms with E-state index < -0.39 is 23.5 Å². The third-order valence-electron chi connectivity index (χ3n) is 2.96. The van der Waals surface area contributed by atoms with Gasteiger partial charge in [0, 0.05) is 19.0 Å². The van der Waals surface area contributed by atoms with E-state index in [1.54, 1.807) is 0 Å². The fourth-order valence-electron chi connectivity index (χ4n) is 2.11. The Balaban J connectivity index is 2.36. The second-order valence-corrected chi connectivity index (χ2v) is 3.92. The van der Waals surface area contributed by atoms with Crippen LogP contribution in [0.15, 0.2) is 18.2 Å². The monoisotopic (exact) mass is 226 g/mol. The Morgan fingerprint density at radius 2 is 2.12 bits per heavy atom. The van der Waals surface area contributed by atoms with Gasteiger partial charge >= 0.3 is 0 Å². The highest BCUT2D eigenvalue weighted by Gasteiger charge is 2.34. The minimum Gasteiger partial charge on any atom is -0.369 e. The van der Waals surface area contributed by atoms with Gasteiger partial charge in [-0.2, -0.15) is 0 Å². The molecule has 1 amide bonds. The Morgan fingerprint density at radius 3 is 2.81 bits per heavy atom. The fourth-order valence-corrected chi connectivity index (χ4v) is 2.11. The minimum atomic E-state index is -0.896. The number of primary amides is 1. The van der Waals surface area contributed by atoms with Gasteiger partial charge in [0.2, 0.25) is 5.91 Å². The second kappa shape index (κ2) is 4.17. The number of benzene rings is 1. The summed E-state index contributed by atoms with van der Waals surface area (Å²) in [6, 6.07) is 3.98. The molecular formula is C11H12F2N2O. The summed E-state index contributed by atoms with van der Waals surface area (Å²) in [6.45, 7) is 0.851. The zero-order valence-corrected chi connectivity index (χ0v) is 8.54. The van der Waals surface area contributed by atoms with Crippen LogP contribution in [0.2, 0.25) is 0 Å². The van der Waals surface area contributed by atoms with Crippen molar-refractivity contribution in [3.05, 3.63) is 35.4 Å². The first-order valence-electron chi connectivity index (χ1n) is 5.05. The number of carbonyl (C=O) groups excluding carboxylic acids is 1. The summed E-state index contributed by atoms with van der Waals surface area (Å²) < 4.78 is 26.6. The van der Waals surface area contributed by atoms with Gasteiger partial charge in [-0.05, 0) is 11.6 Å². The molecule has 1 aromatic rings. The first-order valence-corrected chi connectivity index (χ1v) is 5.05. The summed E-state index contributed by atoms with van der Waals surface area (Å²) in [5.41, 5.74) is 5.43. The Labute approximate surface area is 91.6 Å². The van der Waals surface area contributed by atoms with Crippen LogP contribution in [0, 0.1) is 17.6 Å². The largest absolute Gasteiger partial charge is 0.369 e. The normalized spacial score (nSPS) is 24.6. The fraction of sp³-hybridized carbons (Fsp3) is 0.364. The molecule has 2 rings (SSSR count). The van der Waals surface area contributed by atoms with Crippen LogP contribution in [0.25, 0.3) is 0 Å². The Bertz CT molecular complexity index is 422. The van der Waals surface area contributed by atoms with Crippen molar-refractivity contribution in [2.45, 2.75) is 5.92 Å². The molecule has 2 unspecified atom stereocenters. The van der Waals surface area contributed by atoms with Crippen LogP contribution in [-0.4, -0.2) is 19.0 Å². The van der Waals surface area contributed by atoms with E-state index in [9.17, 15) is 13.6 Å². The number of rotatable bonds is 2. The zero-order chi connectivity index (χ0) is 11.7. The highest BCUT2D eigenvalue weighted by molar-refractivity contribution is 5.78. The number of hydrogen-bond donors (Lipinski definition) is 2. The summed E-state index contributed by atoms with van der Waals surface area (Å²) in [4.78, 5) is 11.1. The first-order chi connectivity index (χ1) is 7.61. The SMILES string of the molecule is NC(=O)C1CNCC1c1cccc(F)c1F. The highest BCUT2D eigenvalue weighted by atomic mass is 19.2. The van der Waals surface area contributed by atoms with Crippen molar-refractivity contribution in [1.29, 1.82) is 0 Å². The first kappa shape index (κ1) is 11.0. The van der Waals surface area contributed by atoms with Crippen LogP contribution in [0.4, 0.5) is 8.78 Å². The number of halogens is 2. The third-order valence-corrected chi connectivity index (χ3v) is 2.96. The molecule has 0 radical (unpaired) electrons. The van der Waals surface area contributed by atoms with Gasteiger partial charge in [0.25, 0.3) is 0 Å². The summed E-state index contributed by atoms with van der Waals surface area (Å²) in [5.74, 6) is -3.13. The summed E-state index contributed by atoms with van der Waals surface area (Å²) in [6.07, 6.45) is 0. The molecule has 1 aliphatic rings. The van der Waals surface area contributed by atoms with Gasteiger partial charge in [0.15, 0.2) is 11.6 Å². The van der Waals surface area contributed by atoms with E-state index in [-0.39, 0.29) is 11.5 Å². The maximum atomic E-state index is 13.5. The average Bonchev–Trinajstić information content (AvgIpc) is 2.70. The van der Waals surface area contributed by atoms with Gasteiger partial charge in [-0.1, -0.05) is 12.1 Å². The molecule has 3 N–H and O–H groups in total. The van der Waals surface area contributed by atoms with Crippen molar-refractivity contribution in [2.75, 3.05) is 13.1 Å². The minimum absolute atomic E-state index is 0.216. The van der Waals surface area contributed by atoms with Crippen molar-refractivity contribution in [2.24, 2.45) is 11.7 Å². The van der Waals surface area contributed by atoms with Crippen LogP contribution in [-0.2, 0) is 4.79 Å². The van der Waals surface area contributed by atoms with Gasteiger partial charge in [0.05, 0.1) is 5.92 Å². The molecule has 0 aliphatic carbocycles. The molecule has 1 fully saturated rings. The smallest absolute Gasteiger partial charge is 0.222 e. The zero-order valence-electron chi connectivity index (χ0n) is 8.54. The van der Waals surface area contributed by atoms with Crippen molar-refractivity contribution in [1.82, 2.24) is 5.32 Å². The Kier molecular flexibility index (Phi) is 2.87. The topological polar surface area (TPSA) is 55.1 Å². The summed E-state index contributed by atoms with van der Waals surface area (Å²) >= 11 is 0. The van der Waals surface area contributed by atoms with Crippen LogP contribution in [0.3, 0.4) is 0 Å². The average molecular weight is 226 g/mol. The maximum Gasteiger partial charge on any atom is 0.222 e. The van der Waals surface area contributed by atoms with E-state index in [4.69, 9.17) is 5.73 Å². The molecule has 86 valence electrons. The van der Waals surface area contributed by atoms with E-state index in [0.29, 0.717) is 13.1 Å². The summed E-state index contributed by atoms with van der Waals surface area (Å²) in [7, 11) is 0. The second-order valence-electron chi connectivity index (χ2n) is 3.92. The van der Waals surface area contributed by atoms with E-state index in [1.807, 2.05) is 0 Å². The molecule has 1 aromatic carbocycles. The van der Waals surface area contributed by atoms with E-state index >= 15 is 0 Å². The molecule has 1 saturated heterocycles. The lowest BCUT2D eigenvalue weighted by Crippen LogP contribution is -2.28. The molecule has 0 bridgehead atoms. The number of carbonyl (C=O) groups is 1. The molecule has 0 spiro atoms. The van der Waals surface area contributed by atoms with Gasteiger partial charge in [-0.25, -0.2) is 8.78 Å². The lowest BCUT2D eigenvalue weighted by Gasteiger charge is -2.16. The number of nitrogens with two attached hydrogens (primary N) is 1. The van der Waals surface area contributed by atoms with Crippen molar-refractivity contribution < 1.29 is 13.6 Å². The molecule has 0 aromatic heterocycles. The molecule has 3 nitrogen and oxygen atoms in total. The van der Waals surface area contributed by atoms with E-state index in [2.05, 4.69) is 5.32 Å². The molecule has 16 heavy (non-hydrogen) atoms. The lowest BCUT2D eigenvalue weighted by atomic mass is 9.88. The molecule has 1 heterocycles. The standard InChI is InChI=1S/C11H12F2N2O/c12-9-3-1-2-6(10(9)13)7-4-15-5-8(7)11(14)16/h1-3,7-8,15H,4-5H2,(H2,14,16). The van der Waals surface area contributed by atoms with Crippen molar-refractivity contribution in [3.8, 4) is 0 Å². The number of hydrogen-bond acceptors (Lipinski definition) is 2. The van der Waals surface area contributed by atoms with Crippen LogP contribution in [0.1, 0.15) is 11.5 Å². The third kappa shape index (κ3) is 1.78. The predicted octanol–water partition coefficient (Wildman–Crippen LogP) is 0.753. The van der Waals surface area contributed by atoms with Gasteiger partial charge in [-0.15, -0.1) is 0 Å². The molecule has 1 aliphatic heterocycles. The van der Waals surface area contributed by atoms with E-state index in [1.165, 1.54) is 12.1 Å². The number of nitrogens with one attached hydrogen (secondary N) is 1. The molecule has 0 saturated carbocycles. The maximum absolute atomic E-state index is 13.5. The quantitative estimate of drug-likeness (QED) is 0.782. The van der Waals surface area contributed by atoms with Crippen LogP contribution < -0.4 is 11.1 Å². The van der Waals surface area contributed by atoms with Crippen LogP contribution >= 0.6 is 0 Å². The van der Waals surface area contributed by atoms with Crippen LogP contribution in [0.5, 0.6) is 0 Å². The van der Waals surface area contributed by atoms with Gasteiger partial charge in [0.1, 0.15) is 0 Å². The van der Waals surface area contributed by atoms with E-state index in [0.717, 1.165) is 6.07 Å². The molecule has 5 heteroatoms. The van der Waals surface area contributed by atoms with Gasteiger partial charge < -0.3 is 11.1 Å². The van der Waals surface area contributed by atoms with Gasteiger partial charge in [-0.3, -0.25) is 4.79 Å². The lowest BCUT2D eigenvalue weighted by molar-refractivity contribution is -0.121. The highest BCUT2D eigenvalue weighted by Crippen LogP contribution is 2.30. The Morgan fingerprint density at radius 1 is 1.38 bits per heavy atom.